The minimum absolute atomic E-state index is 0.567. The van der Waals surface area contributed by atoms with Crippen LogP contribution in [0.4, 0.5) is 5.69 Å². The van der Waals surface area contributed by atoms with Crippen molar-refractivity contribution in [3.8, 4) is 6.07 Å². The molecular weight excluding hydrogens is 324 g/mol. The van der Waals surface area contributed by atoms with Gasteiger partial charge in [-0.25, -0.2) is 0 Å². The first-order valence-corrected chi connectivity index (χ1v) is 8.08. The molecule has 0 radical (unpaired) electrons. The number of hydrogen-bond donors (Lipinski definition) is 1. The van der Waals surface area contributed by atoms with Crippen molar-refractivity contribution in [2.24, 2.45) is 0 Å². The lowest BCUT2D eigenvalue weighted by Gasteiger charge is -2.26. The van der Waals surface area contributed by atoms with Crippen LogP contribution in [0.2, 0.25) is 0 Å². The lowest BCUT2D eigenvalue weighted by atomic mass is 9.83. The van der Waals surface area contributed by atoms with Crippen LogP contribution in [0.15, 0.2) is 46.9 Å². The molecule has 0 saturated heterocycles. The summed E-state index contributed by atoms with van der Waals surface area (Å²) in [7, 11) is 0. The summed E-state index contributed by atoms with van der Waals surface area (Å²) in [5.74, 6) is 0.567. The summed E-state index contributed by atoms with van der Waals surface area (Å²) in [6, 6.07) is 16.6. The molecule has 1 aliphatic rings. The summed E-state index contributed by atoms with van der Waals surface area (Å²) >= 11 is 3.53. The Balaban J connectivity index is 1.73. The van der Waals surface area contributed by atoms with Crippen molar-refractivity contribution in [3.05, 3.63) is 63.6 Å². The lowest BCUT2D eigenvalue weighted by molar-refractivity contribution is 0.571. The second-order valence-electron chi connectivity index (χ2n) is 5.48. The maximum atomic E-state index is 8.90. The summed E-state index contributed by atoms with van der Waals surface area (Å²) in [5.41, 5.74) is 4.71. The SMILES string of the molecule is N#Cc1ccc(NCC2CCCc3ccccc32)c(Br)c1. The Labute approximate surface area is 133 Å². The summed E-state index contributed by atoms with van der Waals surface area (Å²) in [6.45, 7) is 0.932. The zero-order valence-corrected chi connectivity index (χ0v) is 13.4. The molecule has 2 nitrogen and oxygen atoms in total. The largest absolute Gasteiger partial charge is 0.384 e. The van der Waals surface area contributed by atoms with Crippen molar-refractivity contribution >= 4 is 21.6 Å². The van der Waals surface area contributed by atoms with Crippen LogP contribution in [0.25, 0.3) is 0 Å². The van der Waals surface area contributed by atoms with Gasteiger partial charge in [-0.2, -0.15) is 5.26 Å². The third-order valence-electron chi connectivity index (χ3n) is 4.13. The Morgan fingerprint density at radius 3 is 2.90 bits per heavy atom. The molecule has 2 aromatic carbocycles. The number of nitrogens with one attached hydrogen (secondary N) is 1. The molecular formula is C18H17BrN2. The highest BCUT2D eigenvalue weighted by Crippen LogP contribution is 2.32. The van der Waals surface area contributed by atoms with Crippen molar-refractivity contribution in [1.29, 1.82) is 5.26 Å². The average Bonchev–Trinajstić information content (AvgIpc) is 2.53. The third-order valence-corrected chi connectivity index (χ3v) is 4.79. The highest BCUT2D eigenvalue weighted by atomic mass is 79.9. The van der Waals surface area contributed by atoms with Crippen LogP contribution in [0.3, 0.4) is 0 Å². The highest BCUT2D eigenvalue weighted by molar-refractivity contribution is 9.10. The minimum atomic E-state index is 0.567. The van der Waals surface area contributed by atoms with Gasteiger partial charge in [0, 0.05) is 22.6 Å². The number of nitriles is 1. The Morgan fingerprint density at radius 2 is 2.10 bits per heavy atom. The van der Waals surface area contributed by atoms with E-state index in [1.807, 2.05) is 18.2 Å². The number of hydrogen-bond acceptors (Lipinski definition) is 2. The van der Waals surface area contributed by atoms with Crippen molar-refractivity contribution in [2.75, 3.05) is 11.9 Å². The van der Waals surface area contributed by atoms with E-state index in [0.29, 0.717) is 11.5 Å². The number of benzene rings is 2. The Morgan fingerprint density at radius 1 is 1.24 bits per heavy atom. The molecule has 3 heteroatoms. The van der Waals surface area contributed by atoms with Gasteiger partial charge < -0.3 is 5.32 Å². The van der Waals surface area contributed by atoms with E-state index in [1.165, 1.54) is 30.4 Å². The normalized spacial score (nSPS) is 16.9. The second-order valence-corrected chi connectivity index (χ2v) is 6.33. The fraction of sp³-hybridized carbons (Fsp3) is 0.278. The van der Waals surface area contributed by atoms with E-state index >= 15 is 0 Å². The first kappa shape index (κ1) is 14.2. The molecule has 1 atom stereocenters. The first-order chi connectivity index (χ1) is 10.3. The topological polar surface area (TPSA) is 35.8 Å². The fourth-order valence-electron chi connectivity index (χ4n) is 3.03. The van der Waals surface area contributed by atoms with E-state index in [2.05, 4.69) is 51.6 Å². The number of anilines is 1. The van der Waals surface area contributed by atoms with Crippen molar-refractivity contribution in [3.63, 3.8) is 0 Å². The minimum Gasteiger partial charge on any atom is -0.384 e. The maximum Gasteiger partial charge on any atom is 0.0992 e. The predicted octanol–water partition coefficient (Wildman–Crippen LogP) is 4.85. The van der Waals surface area contributed by atoms with E-state index in [9.17, 15) is 0 Å². The Kier molecular flexibility index (Phi) is 4.26. The van der Waals surface area contributed by atoms with Gasteiger partial charge in [-0.05, 0) is 64.5 Å². The molecule has 0 amide bonds. The number of nitrogens with zero attached hydrogens (tertiary/aromatic N) is 1. The third kappa shape index (κ3) is 3.11. The smallest absolute Gasteiger partial charge is 0.0992 e. The van der Waals surface area contributed by atoms with Crippen molar-refractivity contribution < 1.29 is 0 Å². The van der Waals surface area contributed by atoms with Crippen LogP contribution in [-0.4, -0.2) is 6.54 Å². The van der Waals surface area contributed by atoms with Crippen LogP contribution in [0.1, 0.15) is 35.4 Å². The van der Waals surface area contributed by atoms with Gasteiger partial charge in [0.1, 0.15) is 0 Å². The molecule has 106 valence electrons. The van der Waals surface area contributed by atoms with Gasteiger partial charge in [0.25, 0.3) is 0 Å². The molecule has 1 aliphatic carbocycles. The summed E-state index contributed by atoms with van der Waals surface area (Å²) < 4.78 is 0.950. The van der Waals surface area contributed by atoms with E-state index in [-0.39, 0.29) is 0 Å². The lowest BCUT2D eigenvalue weighted by Crippen LogP contribution is -2.18. The maximum absolute atomic E-state index is 8.90. The quantitative estimate of drug-likeness (QED) is 0.866. The first-order valence-electron chi connectivity index (χ1n) is 7.29. The molecule has 1 unspecified atom stereocenters. The van der Waals surface area contributed by atoms with E-state index in [0.717, 1.165) is 16.7 Å². The summed E-state index contributed by atoms with van der Waals surface area (Å²) in [4.78, 5) is 0. The highest BCUT2D eigenvalue weighted by Gasteiger charge is 2.19. The molecule has 3 rings (SSSR count). The molecule has 0 heterocycles. The van der Waals surface area contributed by atoms with Gasteiger partial charge in [0.05, 0.1) is 11.6 Å². The number of rotatable bonds is 3. The Bertz CT molecular complexity index is 688. The van der Waals surface area contributed by atoms with E-state index < -0.39 is 0 Å². The van der Waals surface area contributed by atoms with Crippen molar-refractivity contribution in [1.82, 2.24) is 0 Å². The molecule has 0 fully saturated rings. The van der Waals surface area contributed by atoms with Crippen molar-refractivity contribution in [2.45, 2.75) is 25.2 Å². The molecule has 0 spiro atoms. The molecule has 2 aromatic rings. The Hall–Kier alpha value is -1.79. The van der Waals surface area contributed by atoms with Crippen LogP contribution < -0.4 is 5.32 Å². The van der Waals surface area contributed by atoms with Gasteiger partial charge in [0.2, 0.25) is 0 Å². The molecule has 1 N–H and O–H groups in total. The van der Waals surface area contributed by atoms with Crippen LogP contribution >= 0.6 is 15.9 Å². The monoisotopic (exact) mass is 340 g/mol. The number of halogens is 1. The van der Waals surface area contributed by atoms with Gasteiger partial charge in [-0.1, -0.05) is 24.3 Å². The van der Waals surface area contributed by atoms with Gasteiger partial charge in [0.15, 0.2) is 0 Å². The molecule has 0 aromatic heterocycles. The number of fused-ring (bicyclic) bond motifs is 1. The van der Waals surface area contributed by atoms with E-state index in [4.69, 9.17) is 5.26 Å². The molecule has 0 aliphatic heterocycles. The van der Waals surface area contributed by atoms with Crippen LogP contribution in [0.5, 0.6) is 0 Å². The number of aryl methyl sites for hydroxylation is 1. The summed E-state index contributed by atoms with van der Waals surface area (Å²) in [6.07, 6.45) is 3.70. The molecule has 21 heavy (non-hydrogen) atoms. The van der Waals surface area contributed by atoms with E-state index in [1.54, 1.807) is 0 Å². The zero-order valence-electron chi connectivity index (χ0n) is 11.8. The summed E-state index contributed by atoms with van der Waals surface area (Å²) in [5, 5.41) is 12.4. The second kappa shape index (κ2) is 6.32. The molecule has 0 bridgehead atoms. The molecule has 0 saturated carbocycles. The van der Waals surface area contributed by atoms with Gasteiger partial charge >= 0.3 is 0 Å². The standard InChI is InChI=1S/C18H17BrN2/c19-17-10-13(11-20)8-9-18(17)21-12-15-6-3-5-14-4-1-2-7-16(14)15/h1-2,4,7-10,15,21H,3,5-6,12H2. The predicted molar refractivity (Wildman–Crippen MR) is 89.5 cm³/mol. The zero-order chi connectivity index (χ0) is 14.7. The van der Waals surface area contributed by atoms with Gasteiger partial charge in [-0.15, -0.1) is 0 Å². The van der Waals surface area contributed by atoms with Crippen LogP contribution in [-0.2, 0) is 6.42 Å². The van der Waals surface area contributed by atoms with Gasteiger partial charge in [-0.3, -0.25) is 0 Å². The fourth-order valence-corrected chi connectivity index (χ4v) is 3.55. The average molecular weight is 341 g/mol. The van der Waals surface area contributed by atoms with Crippen LogP contribution in [0, 0.1) is 11.3 Å².